The molecule has 2 unspecified atom stereocenters. The van der Waals surface area contributed by atoms with Crippen molar-refractivity contribution in [1.82, 2.24) is 10.2 Å². The van der Waals surface area contributed by atoms with Crippen molar-refractivity contribution in [1.29, 1.82) is 0 Å². The van der Waals surface area contributed by atoms with Crippen molar-refractivity contribution in [3.63, 3.8) is 0 Å². The van der Waals surface area contributed by atoms with Gasteiger partial charge in [-0.2, -0.15) is 0 Å². The van der Waals surface area contributed by atoms with Crippen LogP contribution in [0.2, 0.25) is 0 Å². The van der Waals surface area contributed by atoms with Crippen LogP contribution >= 0.6 is 0 Å². The number of hydrogen-bond acceptors (Lipinski definition) is 4. The predicted molar refractivity (Wildman–Crippen MR) is 84.0 cm³/mol. The highest BCUT2D eigenvalue weighted by atomic mass is 16.5. The smallest absolute Gasteiger partial charge is 0.238 e. The number of primary amides is 1. The molecule has 0 spiro atoms. The second-order valence-corrected chi connectivity index (χ2v) is 6.46. The Labute approximate surface area is 128 Å². The normalized spacial score (nSPS) is 31.6. The summed E-state index contributed by atoms with van der Waals surface area (Å²) in [6.45, 7) is 6.17. The summed E-state index contributed by atoms with van der Waals surface area (Å²) >= 11 is 0. The van der Waals surface area contributed by atoms with Crippen molar-refractivity contribution < 1.29 is 9.53 Å². The average Bonchev–Trinajstić information content (AvgIpc) is 2.91. The zero-order valence-electron chi connectivity index (χ0n) is 13.6. The molecule has 2 fully saturated rings. The van der Waals surface area contributed by atoms with Crippen LogP contribution in [0.5, 0.6) is 0 Å². The van der Waals surface area contributed by atoms with E-state index >= 15 is 0 Å². The molecule has 0 aromatic rings. The summed E-state index contributed by atoms with van der Waals surface area (Å²) in [6, 6.07) is 0. The summed E-state index contributed by atoms with van der Waals surface area (Å²) in [5.74, 6) is 0.201. The second-order valence-electron chi connectivity index (χ2n) is 6.46. The molecule has 0 bridgehead atoms. The van der Waals surface area contributed by atoms with Gasteiger partial charge in [0, 0.05) is 19.7 Å². The summed E-state index contributed by atoms with van der Waals surface area (Å²) in [6.07, 6.45) is 6.86. The third-order valence-corrected chi connectivity index (χ3v) is 5.44. The molecule has 2 atom stereocenters. The number of hydrogen-bond donors (Lipinski definition) is 2. The molecule has 1 aliphatic carbocycles. The molecule has 0 radical (unpaired) electrons. The Kier molecular flexibility index (Phi) is 6.02. The van der Waals surface area contributed by atoms with Crippen molar-refractivity contribution >= 4 is 5.91 Å². The topological polar surface area (TPSA) is 67.6 Å². The van der Waals surface area contributed by atoms with Crippen LogP contribution in [0.3, 0.4) is 0 Å². The number of likely N-dealkylation sites (tertiary alicyclic amines) is 1. The number of nitrogens with two attached hydrogens (primary N) is 1. The fraction of sp³-hybridized carbons (Fsp3) is 0.938. The lowest BCUT2D eigenvalue weighted by Crippen LogP contribution is -2.57. The van der Waals surface area contributed by atoms with Gasteiger partial charge in [0.15, 0.2) is 0 Å². The third kappa shape index (κ3) is 3.76. The highest BCUT2D eigenvalue weighted by Crippen LogP contribution is 2.37. The van der Waals surface area contributed by atoms with E-state index in [1.54, 1.807) is 0 Å². The van der Waals surface area contributed by atoms with Crippen LogP contribution in [0, 0.1) is 5.92 Å². The van der Waals surface area contributed by atoms with E-state index in [0.29, 0.717) is 12.0 Å². The van der Waals surface area contributed by atoms with Gasteiger partial charge in [-0.25, -0.2) is 0 Å². The van der Waals surface area contributed by atoms with Crippen LogP contribution < -0.4 is 11.1 Å². The Hall–Kier alpha value is -0.650. The van der Waals surface area contributed by atoms with Gasteiger partial charge in [-0.3, -0.25) is 4.79 Å². The Morgan fingerprint density at radius 1 is 1.38 bits per heavy atom. The molecule has 5 nitrogen and oxygen atoms in total. The van der Waals surface area contributed by atoms with Crippen LogP contribution in [0.25, 0.3) is 0 Å². The van der Waals surface area contributed by atoms with Gasteiger partial charge in [0.25, 0.3) is 0 Å². The molecule has 21 heavy (non-hydrogen) atoms. The number of amides is 1. The van der Waals surface area contributed by atoms with Gasteiger partial charge in [-0.1, -0.05) is 6.42 Å². The quantitative estimate of drug-likeness (QED) is 0.739. The molecule has 122 valence electrons. The summed E-state index contributed by atoms with van der Waals surface area (Å²) in [5.41, 5.74) is 5.19. The van der Waals surface area contributed by atoms with Gasteiger partial charge in [0.2, 0.25) is 5.91 Å². The van der Waals surface area contributed by atoms with Crippen molar-refractivity contribution in [3.8, 4) is 0 Å². The van der Waals surface area contributed by atoms with E-state index in [1.165, 1.54) is 0 Å². The van der Waals surface area contributed by atoms with E-state index < -0.39 is 5.54 Å². The minimum Gasteiger partial charge on any atom is -0.378 e. The molecule has 0 aromatic carbocycles. The van der Waals surface area contributed by atoms with Crippen molar-refractivity contribution in [2.75, 3.05) is 33.3 Å². The number of likely N-dealkylation sites (N-methyl/N-ethyl adjacent to an activating group) is 1. The van der Waals surface area contributed by atoms with Crippen LogP contribution in [-0.4, -0.2) is 55.7 Å². The number of rotatable bonds is 7. The molecule has 2 aliphatic rings. The lowest BCUT2D eigenvalue weighted by molar-refractivity contribution is -0.125. The molecular formula is C16H31N3O2. The first-order valence-corrected chi connectivity index (χ1v) is 8.45. The standard InChI is InChI=1S/C16H31N3O2/c1-3-21-14-7-11-19(12-8-14)10-6-13-5-4-9-16(13,18-2)15(17)20/h13-14,18H,3-12H2,1-2H3,(H2,17,20). The summed E-state index contributed by atoms with van der Waals surface area (Å²) in [7, 11) is 1.87. The number of carbonyl (C=O) groups excluding carboxylic acids is 1. The molecule has 5 heteroatoms. The number of nitrogens with one attached hydrogen (secondary N) is 1. The zero-order valence-corrected chi connectivity index (χ0v) is 13.6. The van der Waals surface area contributed by atoms with E-state index in [1.807, 2.05) is 7.05 Å². The van der Waals surface area contributed by atoms with Gasteiger partial charge in [0.05, 0.1) is 6.10 Å². The van der Waals surface area contributed by atoms with Crippen molar-refractivity contribution in [2.24, 2.45) is 11.7 Å². The van der Waals surface area contributed by atoms with E-state index in [2.05, 4.69) is 17.1 Å². The fourth-order valence-electron chi connectivity index (χ4n) is 4.12. The van der Waals surface area contributed by atoms with Gasteiger partial charge in [0.1, 0.15) is 5.54 Å². The number of ether oxygens (including phenoxy) is 1. The van der Waals surface area contributed by atoms with Crippen molar-refractivity contribution in [2.45, 2.75) is 57.1 Å². The van der Waals surface area contributed by atoms with Crippen LogP contribution in [0.4, 0.5) is 0 Å². The van der Waals surface area contributed by atoms with Crippen molar-refractivity contribution in [3.05, 3.63) is 0 Å². The Morgan fingerprint density at radius 3 is 2.67 bits per heavy atom. The van der Waals surface area contributed by atoms with E-state index in [-0.39, 0.29) is 5.91 Å². The molecule has 1 saturated heterocycles. The minimum absolute atomic E-state index is 0.178. The van der Waals surface area contributed by atoms with Gasteiger partial charge in [-0.15, -0.1) is 0 Å². The Morgan fingerprint density at radius 2 is 2.10 bits per heavy atom. The van der Waals surface area contributed by atoms with Gasteiger partial charge in [-0.05, 0) is 58.5 Å². The molecule has 1 amide bonds. The van der Waals surface area contributed by atoms with Gasteiger partial charge < -0.3 is 20.7 Å². The van der Waals surface area contributed by atoms with E-state index in [9.17, 15) is 4.79 Å². The van der Waals surface area contributed by atoms with Crippen LogP contribution in [0.15, 0.2) is 0 Å². The molecular weight excluding hydrogens is 266 g/mol. The second kappa shape index (κ2) is 7.56. The highest BCUT2D eigenvalue weighted by molar-refractivity contribution is 5.85. The number of nitrogens with zero attached hydrogens (tertiary/aromatic N) is 1. The van der Waals surface area contributed by atoms with Gasteiger partial charge >= 0.3 is 0 Å². The number of piperidine rings is 1. The Balaban J connectivity index is 1.79. The maximum atomic E-state index is 11.9. The summed E-state index contributed by atoms with van der Waals surface area (Å²) in [4.78, 5) is 14.4. The van der Waals surface area contributed by atoms with E-state index in [0.717, 1.165) is 64.8 Å². The Bertz CT molecular complexity index is 342. The first kappa shape index (κ1) is 16.7. The SMILES string of the molecule is CCOC1CCN(CCC2CCCC2(NC)C(N)=O)CC1. The first-order valence-electron chi connectivity index (χ1n) is 8.45. The average molecular weight is 297 g/mol. The fourth-order valence-corrected chi connectivity index (χ4v) is 4.12. The monoisotopic (exact) mass is 297 g/mol. The van der Waals surface area contributed by atoms with Crippen LogP contribution in [-0.2, 0) is 9.53 Å². The molecule has 0 aromatic heterocycles. The molecule has 2 rings (SSSR count). The summed E-state index contributed by atoms with van der Waals surface area (Å²) in [5, 5.41) is 3.23. The summed E-state index contributed by atoms with van der Waals surface area (Å²) < 4.78 is 5.69. The lowest BCUT2D eigenvalue weighted by Gasteiger charge is -2.36. The van der Waals surface area contributed by atoms with Crippen LogP contribution in [0.1, 0.15) is 45.4 Å². The highest BCUT2D eigenvalue weighted by Gasteiger charge is 2.46. The molecule has 3 N–H and O–H groups in total. The zero-order chi connectivity index (χ0) is 15.3. The first-order chi connectivity index (χ1) is 10.1. The third-order valence-electron chi connectivity index (χ3n) is 5.44. The largest absolute Gasteiger partial charge is 0.378 e. The van der Waals surface area contributed by atoms with E-state index in [4.69, 9.17) is 10.5 Å². The lowest BCUT2D eigenvalue weighted by atomic mass is 9.84. The molecule has 1 aliphatic heterocycles. The predicted octanol–water partition coefficient (Wildman–Crippen LogP) is 1.12. The molecule has 1 saturated carbocycles. The maximum Gasteiger partial charge on any atom is 0.238 e. The maximum absolute atomic E-state index is 11.9. The molecule has 1 heterocycles. The minimum atomic E-state index is -0.469. The number of carbonyl (C=O) groups is 1.